The fourth-order valence-electron chi connectivity index (χ4n) is 5.90. The number of Topliss-reactive ketones (excluding diaryl/α,β-unsaturated/α-hetero) is 1. The third kappa shape index (κ3) is 3.38. The van der Waals surface area contributed by atoms with Crippen molar-refractivity contribution in [2.75, 3.05) is 6.61 Å². The number of aliphatic hydroxyl groups is 1. The number of aliphatic hydroxyl groups excluding tert-OH is 1. The highest BCUT2D eigenvalue weighted by atomic mass is 16.3. The molecule has 5 rings (SSSR count). The van der Waals surface area contributed by atoms with E-state index in [9.17, 15) is 15.2 Å². The smallest absolute Gasteiger partial charge is 0.176 e. The van der Waals surface area contributed by atoms with Gasteiger partial charge in [-0.05, 0) is 55.4 Å². The molecule has 2 aliphatic carbocycles. The van der Waals surface area contributed by atoms with Crippen LogP contribution in [0.4, 0.5) is 0 Å². The quantitative estimate of drug-likeness (QED) is 0.634. The van der Waals surface area contributed by atoms with Gasteiger partial charge in [0.2, 0.25) is 0 Å². The van der Waals surface area contributed by atoms with E-state index in [2.05, 4.69) is 24.3 Å². The SMILES string of the molecule is Cc1nc(-c2cccc(CCO)c2)c2c(n1)[C@@]1(c3ccccc3)C=C(C#N)C(=O)[C@@H](C)[C@@H]1CC2. The van der Waals surface area contributed by atoms with Crippen molar-refractivity contribution in [1.29, 1.82) is 5.26 Å². The van der Waals surface area contributed by atoms with Crippen LogP contribution in [0.2, 0.25) is 0 Å². The highest BCUT2D eigenvalue weighted by molar-refractivity contribution is 6.02. The third-order valence-corrected chi connectivity index (χ3v) is 7.43. The second-order valence-corrected chi connectivity index (χ2v) is 9.32. The van der Waals surface area contributed by atoms with Gasteiger partial charge in [-0.25, -0.2) is 9.97 Å². The van der Waals surface area contributed by atoms with Crippen LogP contribution >= 0.6 is 0 Å². The number of aryl methyl sites for hydroxylation is 1. The van der Waals surface area contributed by atoms with Gasteiger partial charge in [0.1, 0.15) is 11.9 Å². The molecule has 0 amide bonds. The Balaban J connectivity index is 1.83. The van der Waals surface area contributed by atoms with Crippen molar-refractivity contribution in [1.82, 2.24) is 9.97 Å². The molecule has 170 valence electrons. The summed E-state index contributed by atoms with van der Waals surface area (Å²) in [6.45, 7) is 3.94. The van der Waals surface area contributed by atoms with Gasteiger partial charge in [-0.1, -0.05) is 55.5 Å². The van der Waals surface area contributed by atoms with Gasteiger partial charge < -0.3 is 5.11 Å². The largest absolute Gasteiger partial charge is 0.396 e. The Morgan fingerprint density at radius 3 is 2.68 bits per heavy atom. The maximum absolute atomic E-state index is 13.0. The summed E-state index contributed by atoms with van der Waals surface area (Å²) in [4.78, 5) is 22.9. The fourth-order valence-corrected chi connectivity index (χ4v) is 5.90. The molecule has 0 saturated heterocycles. The molecule has 0 fully saturated rings. The standard InChI is InChI=1S/C29H27N3O2/c1-18-25-12-11-24-26(21-8-6-7-20(15-21)13-14-33)31-19(2)32-28(24)29(25,16-22(17-30)27(18)34)23-9-4-3-5-10-23/h3-10,15-16,18,25,33H,11-14H2,1-2H3/t18-,25-,29+/m0/s1. The monoisotopic (exact) mass is 449 g/mol. The van der Waals surface area contributed by atoms with Crippen LogP contribution in [-0.2, 0) is 23.1 Å². The lowest BCUT2D eigenvalue weighted by Crippen LogP contribution is -2.48. The van der Waals surface area contributed by atoms with E-state index in [1.165, 1.54) is 0 Å². The number of hydrogen-bond acceptors (Lipinski definition) is 5. The van der Waals surface area contributed by atoms with E-state index in [1.54, 1.807) is 0 Å². The molecule has 1 heterocycles. The molecule has 3 atom stereocenters. The molecule has 1 aromatic heterocycles. The first-order chi connectivity index (χ1) is 16.5. The van der Waals surface area contributed by atoms with Gasteiger partial charge in [0, 0.05) is 23.7 Å². The summed E-state index contributed by atoms with van der Waals surface area (Å²) in [6.07, 6.45) is 4.04. The lowest BCUT2D eigenvalue weighted by molar-refractivity contribution is -0.121. The normalized spacial score (nSPS) is 23.5. The van der Waals surface area contributed by atoms with Gasteiger partial charge in [0.15, 0.2) is 5.78 Å². The number of nitriles is 1. The van der Waals surface area contributed by atoms with Crippen LogP contribution < -0.4 is 0 Å². The molecule has 2 aliphatic rings. The summed E-state index contributed by atoms with van der Waals surface area (Å²) in [5.41, 5.74) is 5.51. The van der Waals surface area contributed by atoms with E-state index < -0.39 is 5.41 Å². The molecule has 3 aromatic rings. The lowest BCUT2D eigenvalue weighted by atomic mass is 9.54. The number of rotatable bonds is 4. The zero-order valence-electron chi connectivity index (χ0n) is 19.5. The Hall–Kier alpha value is -3.62. The Labute approximate surface area is 199 Å². The van der Waals surface area contributed by atoms with Crippen LogP contribution in [-0.4, -0.2) is 27.5 Å². The zero-order valence-corrected chi connectivity index (χ0v) is 19.5. The number of ketones is 1. The first-order valence-corrected chi connectivity index (χ1v) is 11.8. The predicted octanol–water partition coefficient (Wildman–Crippen LogP) is 4.50. The van der Waals surface area contributed by atoms with Crippen molar-refractivity contribution in [3.63, 3.8) is 0 Å². The highest BCUT2D eigenvalue weighted by Gasteiger charge is 2.53. The molecule has 5 nitrogen and oxygen atoms in total. The molecule has 5 heteroatoms. The maximum Gasteiger partial charge on any atom is 0.176 e. The Kier molecular flexibility index (Phi) is 5.63. The second-order valence-electron chi connectivity index (χ2n) is 9.32. The fraction of sp³-hybridized carbons (Fsp3) is 0.310. The summed E-state index contributed by atoms with van der Waals surface area (Å²) < 4.78 is 0. The molecule has 0 saturated carbocycles. The van der Waals surface area contributed by atoms with Crippen molar-refractivity contribution >= 4 is 5.78 Å². The molecular weight excluding hydrogens is 422 g/mol. The number of carbonyl (C=O) groups is 1. The van der Waals surface area contributed by atoms with Crippen LogP contribution in [0.15, 0.2) is 66.2 Å². The Morgan fingerprint density at radius 1 is 1.15 bits per heavy atom. The van der Waals surface area contributed by atoms with Crippen molar-refractivity contribution in [3.8, 4) is 17.3 Å². The molecule has 0 bridgehead atoms. The minimum absolute atomic E-state index is 0.00914. The van der Waals surface area contributed by atoms with Gasteiger partial charge >= 0.3 is 0 Å². The number of aromatic nitrogens is 2. The lowest BCUT2D eigenvalue weighted by Gasteiger charge is -2.48. The summed E-state index contributed by atoms with van der Waals surface area (Å²) in [5.74, 6) is 0.313. The molecule has 2 aromatic carbocycles. The molecule has 0 radical (unpaired) electrons. The molecule has 34 heavy (non-hydrogen) atoms. The number of benzene rings is 2. The average Bonchev–Trinajstić information content (AvgIpc) is 2.86. The van der Waals surface area contributed by atoms with E-state index in [4.69, 9.17) is 9.97 Å². The van der Waals surface area contributed by atoms with E-state index in [-0.39, 0.29) is 29.8 Å². The Morgan fingerprint density at radius 2 is 1.94 bits per heavy atom. The van der Waals surface area contributed by atoms with Gasteiger partial charge in [0.05, 0.1) is 22.4 Å². The zero-order chi connectivity index (χ0) is 23.9. The Bertz CT molecular complexity index is 1340. The minimum atomic E-state index is -0.668. The molecule has 1 N–H and O–H groups in total. The van der Waals surface area contributed by atoms with Gasteiger partial charge in [-0.15, -0.1) is 0 Å². The number of carbonyl (C=O) groups excluding carboxylic acids is 1. The summed E-state index contributed by atoms with van der Waals surface area (Å²) in [5, 5.41) is 19.3. The maximum atomic E-state index is 13.0. The molecular formula is C29H27N3O2. The van der Waals surface area contributed by atoms with Crippen LogP contribution in [0.25, 0.3) is 11.3 Å². The van der Waals surface area contributed by atoms with Crippen molar-refractivity contribution in [2.24, 2.45) is 11.8 Å². The predicted molar refractivity (Wildman–Crippen MR) is 130 cm³/mol. The van der Waals surface area contributed by atoms with Gasteiger partial charge in [-0.3, -0.25) is 4.79 Å². The van der Waals surface area contributed by atoms with Crippen molar-refractivity contribution < 1.29 is 9.90 Å². The van der Waals surface area contributed by atoms with Crippen LogP contribution in [0, 0.1) is 30.1 Å². The summed E-state index contributed by atoms with van der Waals surface area (Å²) >= 11 is 0. The molecule has 0 unspecified atom stereocenters. The van der Waals surface area contributed by atoms with E-state index in [0.717, 1.165) is 46.5 Å². The first-order valence-electron chi connectivity index (χ1n) is 11.8. The summed E-state index contributed by atoms with van der Waals surface area (Å²) in [7, 11) is 0. The van der Waals surface area contributed by atoms with Crippen molar-refractivity contribution in [3.05, 3.63) is 94.5 Å². The van der Waals surface area contributed by atoms with E-state index in [0.29, 0.717) is 12.2 Å². The number of fused-ring (bicyclic) bond motifs is 3. The highest BCUT2D eigenvalue weighted by Crippen LogP contribution is 2.54. The minimum Gasteiger partial charge on any atom is -0.396 e. The van der Waals surface area contributed by atoms with E-state index >= 15 is 0 Å². The van der Waals surface area contributed by atoms with Crippen LogP contribution in [0.1, 0.15) is 41.6 Å². The van der Waals surface area contributed by atoms with Gasteiger partial charge in [0.25, 0.3) is 0 Å². The topological polar surface area (TPSA) is 86.9 Å². The number of allylic oxidation sites excluding steroid dienone is 2. The van der Waals surface area contributed by atoms with Crippen LogP contribution in [0.5, 0.6) is 0 Å². The number of hydrogen-bond donors (Lipinski definition) is 1. The number of nitrogens with zero attached hydrogens (tertiary/aromatic N) is 3. The first kappa shape index (κ1) is 22.2. The second kappa shape index (κ2) is 8.62. The van der Waals surface area contributed by atoms with Gasteiger partial charge in [-0.2, -0.15) is 5.26 Å². The molecule has 0 aliphatic heterocycles. The third-order valence-electron chi connectivity index (χ3n) is 7.43. The average molecular weight is 450 g/mol. The van der Waals surface area contributed by atoms with Crippen molar-refractivity contribution in [2.45, 2.75) is 38.5 Å². The summed E-state index contributed by atoms with van der Waals surface area (Å²) in [6, 6.07) is 20.5. The van der Waals surface area contributed by atoms with E-state index in [1.807, 2.05) is 56.3 Å². The van der Waals surface area contributed by atoms with Crippen LogP contribution in [0.3, 0.4) is 0 Å². The molecule has 0 spiro atoms.